The van der Waals surface area contributed by atoms with E-state index in [4.69, 9.17) is 25.7 Å². The lowest BCUT2D eigenvalue weighted by Crippen LogP contribution is -2.45. The van der Waals surface area contributed by atoms with Crippen LogP contribution < -0.4 is 16.2 Å². The summed E-state index contributed by atoms with van der Waals surface area (Å²) >= 11 is 0. The number of carbonyl (C=O) groups is 2. The topological polar surface area (TPSA) is 129 Å². The quantitative estimate of drug-likeness (QED) is 0.455. The van der Waals surface area contributed by atoms with Gasteiger partial charge in [-0.1, -0.05) is 12.1 Å². The smallest absolute Gasteiger partial charge is 0.411 e. The number of carbonyl (C=O) groups excluding carboxylic acids is 2. The third-order valence-corrected chi connectivity index (χ3v) is 6.88. The minimum absolute atomic E-state index is 0.125. The highest BCUT2D eigenvalue weighted by Crippen LogP contribution is 2.45. The molecule has 0 saturated carbocycles. The van der Waals surface area contributed by atoms with Crippen molar-refractivity contribution in [2.24, 2.45) is 16.5 Å². The molecule has 9 heteroatoms. The van der Waals surface area contributed by atoms with E-state index in [1.54, 1.807) is 23.1 Å². The zero-order chi connectivity index (χ0) is 29.4. The molecule has 0 radical (unpaired) electrons. The number of ether oxygens (including phenoxy) is 3. The number of aliphatic imine (C=N–C) groups is 1. The Balaban J connectivity index is 1.79. The first-order valence-electron chi connectivity index (χ1n) is 13.9. The van der Waals surface area contributed by atoms with Crippen molar-refractivity contribution in [3.8, 4) is 5.75 Å². The highest BCUT2D eigenvalue weighted by Gasteiger charge is 2.38. The Morgan fingerprint density at radius 1 is 1.10 bits per heavy atom. The summed E-state index contributed by atoms with van der Waals surface area (Å²) in [5.74, 6) is 0.654. The van der Waals surface area contributed by atoms with Gasteiger partial charge in [0.15, 0.2) is 6.10 Å². The summed E-state index contributed by atoms with van der Waals surface area (Å²) < 4.78 is 17.5. The normalized spacial score (nSPS) is 19.4. The van der Waals surface area contributed by atoms with Crippen LogP contribution in [0.2, 0.25) is 0 Å². The highest BCUT2D eigenvalue weighted by atomic mass is 16.6. The lowest BCUT2D eigenvalue weighted by atomic mass is 9.85. The first-order chi connectivity index (χ1) is 18.7. The predicted molar refractivity (Wildman–Crippen MR) is 155 cm³/mol. The fourth-order valence-electron chi connectivity index (χ4n) is 5.15. The number of nitrogens with zero attached hydrogens (tertiary/aromatic N) is 2. The Bertz CT molecular complexity index is 1310. The number of nitrogens with two attached hydrogens (primary N) is 2. The maximum absolute atomic E-state index is 13.9. The first-order valence-corrected chi connectivity index (χ1v) is 13.9. The fourth-order valence-corrected chi connectivity index (χ4v) is 5.15. The van der Waals surface area contributed by atoms with Crippen molar-refractivity contribution in [3.63, 3.8) is 0 Å². The van der Waals surface area contributed by atoms with Crippen molar-refractivity contribution in [1.82, 2.24) is 4.90 Å². The number of hydrogen-bond donors (Lipinski definition) is 2. The van der Waals surface area contributed by atoms with Crippen LogP contribution in [0.25, 0.3) is 0 Å². The van der Waals surface area contributed by atoms with Crippen LogP contribution >= 0.6 is 0 Å². The molecule has 2 aromatic carbocycles. The van der Waals surface area contributed by atoms with Crippen LogP contribution in [-0.2, 0) is 15.9 Å². The molecule has 40 heavy (non-hydrogen) atoms. The molecule has 9 nitrogen and oxygen atoms in total. The van der Waals surface area contributed by atoms with Gasteiger partial charge in [0.25, 0.3) is 0 Å². The van der Waals surface area contributed by atoms with Gasteiger partial charge < -0.3 is 25.7 Å². The number of esters is 1. The van der Waals surface area contributed by atoms with Crippen molar-refractivity contribution >= 4 is 23.6 Å². The van der Waals surface area contributed by atoms with Crippen molar-refractivity contribution in [1.29, 1.82) is 0 Å². The Morgan fingerprint density at radius 3 is 2.45 bits per heavy atom. The Labute approximate surface area is 236 Å². The van der Waals surface area contributed by atoms with E-state index in [-0.39, 0.29) is 18.7 Å². The largest absolute Gasteiger partial charge is 0.481 e. The van der Waals surface area contributed by atoms with Crippen molar-refractivity contribution < 1.29 is 23.8 Å². The predicted octanol–water partition coefficient (Wildman–Crippen LogP) is 5.73. The lowest BCUT2D eigenvalue weighted by molar-refractivity contribution is 0.00255. The summed E-state index contributed by atoms with van der Waals surface area (Å²) in [6.07, 6.45) is 1.64. The Hall–Kier alpha value is -3.59. The summed E-state index contributed by atoms with van der Waals surface area (Å²) in [5, 5.41) is 0. The molecule has 3 unspecified atom stereocenters. The molecule has 0 aromatic heterocycles. The maximum atomic E-state index is 13.9. The molecule has 1 aliphatic carbocycles. The second-order valence-corrected chi connectivity index (χ2v) is 12.5. The summed E-state index contributed by atoms with van der Waals surface area (Å²) in [7, 11) is 0. The molecule has 0 fully saturated rings. The van der Waals surface area contributed by atoms with Gasteiger partial charge in [-0.15, -0.1) is 0 Å². The molecule has 216 valence electrons. The van der Waals surface area contributed by atoms with Crippen LogP contribution in [-0.4, -0.2) is 46.6 Å². The van der Waals surface area contributed by atoms with Crippen molar-refractivity contribution in [2.45, 2.75) is 97.1 Å². The maximum Gasteiger partial charge on any atom is 0.411 e. The zero-order valence-corrected chi connectivity index (χ0v) is 24.6. The lowest BCUT2D eigenvalue weighted by Gasteiger charge is -2.41. The summed E-state index contributed by atoms with van der Waals surface area (Å²) in [4.78, 5) is 33.1. The zero-order valence-electron chi connectivity index (χ0n) is 24.6. The van der Waals surface area contributed by atoms with E-state index in [1.807, 2.05) is 66.7 Å². The molecule has 3 atom stereocenters. The molecule has 2 aromatic rings. The van der Waals surface area contributed by atoms with Crippen LogP contribution in [0.3, 0.4) is 0 Å². The van der Waals surface area contributed by atoms with Gasteiger partial charge in [0.1, 0.15) is 28.5 Å². The van der Waals surface area contributed by atoms with Crippen LogP contribution in [0.15, 0.2) is 41.4 Å². The van der Waals surface area contributed by atoms with Crippen LogP contribution in [0.5, 0.6) is 5.75 Å². The van der Waals surface area contributed by atoms with E-state index in [0.29, 0.717) is 29.3 Å². The third kappa shape index (κ3) is 6.58. The van der Waals surface area contributed by atoms with E-state index in [1.165, 1.54) is 0 Å². The fraction of sp³-hybridized carbons (Fsp3) is 0.516. The van der Waals surface area contributed by atoms with E-state index in [9.17, 15) is 9.59 Å². The number of amidine groups is 1. The van der Waals surface area contributed by atoms with Gasteiger partial charge in [-0.25, -0.2) is 14.6 Å². The molecule has 2 aliphatic rings. The van der Waals surface area contributed by atoms with Crippen LogP contribution in [0, 0.1) is 0 Å². The average molecular weight is 551 g/mol. The summed E-state index contributed by atoms with van der Waals surface area (Å²) in [6.45, 7) is 13.0. The number of fused-ring (bicyclic) bond motifs is 2. The number of rotatable bonds is 5. The summed E-state index contributed by atoms with van der Waals surface area (Å²) in [5.41, 5.74) is 14.9. The van der Waals surface area contributed by atoms with Gasteiger partial charge in [0.05, 0.1) is 17.6 Å². The second-order valence-electron chi connectivity index (χ2n) is 12.5. The monoisotopic (exact) mass is 550 g/mol. The highest BCUT2D eigenvalue weighted by molar-refractivity contribution is 5.90. The Kier molecular flexibility index (Phi) is 8.17. The second kappa shape index (κ2) is 11.1. The van der Waals surface area contributed by atoms with Crippen molar-refractivity contribution in [2.75, 3.05) is 6.54 Å². The van der Waals surface area contributed by atoms with E-state index >= 15 is 0 Å². The van der Waals surface area contributed by atoms with Gasteiger partial charge in [-0.05, 0) is 109 Å². The summed E-state index contributed by atoms with van der Waals surface area (Å²) in [6, 6.07) is 10.2. The van der Waals surface area contributed by atoms with Gasteiger partial charge in [-0.2, -0.15) is 0 Å². The molecule has 0 saturated heterocycles. The minimum Gasteiger partial charge on any atom is -0.481 e. The minimum atomic E-state index is -0.719. The average Bonchev–Trinajstić information content (AvgIpc) is 2.84. The van der Waals surface area contributed by atoms with Gasteiger partial charge in [0, 0.05) is 6.54 Å². The van der Waals surface area contributed by atoms with Crippen LogP contribution in [0.4, 0.5) is 10.5 Å². The molecular weight excluding hydrogens is 508 g/mol. The molecule has 4 rings (SSSR count). The van der Waals surface area contributed by atoms with E-state index < -0.39 is 29.3 Å². The van der Waals surface area contributed by atoms with E-state index in [0.717, 1.165) is 29.5 Å². The van der Waals surface area contributed by atoms with Gasteiger partial charge >= 0.3 is 12.1 Å². The standard InChI is InChI=1S/C31H42N4O5/c1-18-27(33)34-23-16-22-19(15-26(23)38-18)10-9-13-24(22)35(29(37)40-31(5,6)7)25(17-32)20-11-8-12-21(14-20)28(36)39-30(2,3)4/h8,11-12,14-16,18,24-25H,9-10,13,17,32H2,1-7H3,(H2,33,34). The third-order valence-electron chi connectivity index (χ3n) is 6.88. The van der Waals surface area contributed by atoms with E-state index in [2.05, 4.69) is 4.99 Å². The Morgan fingerprint density at radius 2 is 1.80 bits per heavy atom. The molecule has 4 N–H and O–H groups in total. The molecular formula is C31H42N4O5. The SMILES string of the molecule is CC1Oc2cc3c(cc2N=C1N)C(N(C(=O)OC(C)(C)C)C(CN)c1cccc(C(=O)OC(C)(C)C)c1)CCC3. The van der Waals surface area contributed by atoms with Gasteiger partial charge in [-0.3, -0.25) is 4.90 Å². The first kappa shape index (κ1) is 29.4. The molecule has 1 aliphatic heterocycles. The van der Waals surface area contributed by atoms with Crippen molar-refractivity contribution in [3.05, 3.63) is 58.7 Å². The molecule has 1 amide bonds. The van der Waals surface area contributed by atoms with Gasteiger partial charge in [0.2, 0.25) is 0 Å². The number of benzene rings is 2. The number of hydrogen-bond acceptors (Lipinski definition) is 8. The molecule has 1 heterocycles. The number of amides is 1. The molecule has 0 spiro atoms. The molecule has 0 bridgehead atoms. The van der Waals surface area contributed by atoms with Crippen LogP contribution in [0.1, 0.15) is 100 Å². The number of aryl methyl sites for hydroxylation is 1.